The van der Waals surface area contributed by atoms with E-state index >= 15 is 0 Å². The predicted molar refractivity (Wildman–Crippen MR) is 124 cm³/mol. The molecule has 160 valence electrons. The molecule has 0 aliphatic carbocycles. The predicted octanol–water partition coefficient (Wildman–Crippen LogP) is 6.11. The molecule has 0 bridgehead atoms. The molecule has 0 aliphatic heterocycles. The molecule has 30 heavy (non-hydrogen) atoms. The van der Waals surface area contributed by atoms with Crippen molar-refractivity contribution in [1.29, 1.82) is 0 Å². The molecule has 0 atom stereocenters. The minimum absolute atomic E-state index is 0.0805. The van der Waals surface area contributed by atoms with Gasteiger partial charge in [0, 0.05) is 34.0 Å². The molecule has 0 amide bonds. The number of nitrogens with one attached hydrogen (secondary N) is 1. The zero-order valence-corrected chi connectivity index (χ0v) is 19.6. The second kappa shape index (κ2) is 8.96. The number of hydrogen-bond acceptors (Lipinski definition) is 6. The van der Waals surface area contributed by atoms with Gasteiger partial charge < -0.3 is 19.5 Å². The van der Waals surface area contributed by atoms with Crippen LogP contribution in [0.15, 0.2) is 36.4 Å². The fourth-order valence-corrected chi connectivity index (χ4v) is 4.49. The van der Waals surface area contributed by atoms with Crippen LogP contribution >= 0.6 is 11.3 Å². The third kappa shape index (κ3) is 4.87. The second-order valence-corrected chi connectivity index (χ2v) is 9.31. The molecule has 0 aliphatic rings. The van der Waals surface area contributed by atoms with Gasteiger partial charge in [-0.3, -0.25) is 0 Å². The maximum atomic E-state index is 5.63. The van der Waals surface area contributed by atoms with Crippen LogP contribution in [-0.2, 0) is 11.8 Å². The SMILES string of the molecule is COc1cc(OC)c(OC)cc1Cc1sc(Nc2ccc(C)cc2)nc1C(C)(C)C. The molecule has 0 saturated carbocycles. The van der Waals surface area contributed by atoms with Gasteiger partial charge in [-0.05, 0) is 25.1 Å². The lowest BCUT2D eigenvalue weighted by molar-refractivity contribution is 0.348. The van der Waals surface area contributed by atoms with Gasteiger partial charge in [0.1, 0.15) is 5.75 Å². The molecule has 0 saturated heterocycles. The summed E-state index contributed by atoms with van der Waals surface area (Å²) in [4.78, 5) is 6.13. The van der Waals surface area contributed by atoms with E-state index in [9.17, 15) is 0 Å². The average molecular weight is 427 g/mol. The fraction of sp³-hybridized carbons (Fsp3) is 0.375. The number of methoxy groups -OCH3 is 3. The van der Waals surface area contributed by atoms with E-state index in [1.54, 1.807) is 32.7 Å². The van der Waals surface area contributed by atoms with E-state index < -0.39 is 0 Å². The van der Waals surface area contributed by atoms with Crippen molar-refractivity contribution in [3.05, 3.63) is 58.1 Å². The van der Waals surface area contributed by atoms with Crippen molar-refractivity contribution in [3.8, 4) is 17.2 Å². The zero-order valence-electron chi connectivity index (χ0n) is 18.8. The Balaban J connectivity index is 1.99. The van der Waals surface area contributed by atoms with Crippen LogP contribution in [0.3, 0.4) is 0 Å². The second-order valence-electron chi connectivity index (χ2n) is 8.23. The maximum absolute atomic E-state index is 5.63. The van der Waals surface area contributed by atoms with Gasteiger partial charge in [-0.2, -0.15) is 0 Å². The van der Waals surface area contributed by atoms with Crippen LogP contribution in [-0.4, -0.2) is 26.3 Å². The molecule has 1 aromatic heterocycles. The van der Waals surface area contributed by atoms with Gasteiger partial charge in [0.05, 0.1) is 27.0 Å². The number of rotatable bonds is 7. The minimum atomic E-state index is -0.0805. The first-order chi connectivity index (χ1) is 14.2. The number of aryl methyl sites for hydroxylation is 1. The Kier molecular flexibility index (Phi) is 6.56. The van der Waals surface area contributed by atoms with E-state index in [1.165, 1.54) is 10.4 Å². The molecule has 1 N–H and O–H groups in total. The van der Waals surface area contributed by atoms with E-state index in [-0.39, 0.29) is 5.41 Å². The number of aromatic nitrogens is 1. The van der Waals surface area contributed by atoms with Crippen molar-refractivity contribution < 1.29 is 14.2 Å². The van der Waals surface area contributed by atoms with Gasteiger partial charge in [-0.1, -0.05) is 38.5 Å². The highest BCUT2D eigenvalue weighted by molar-refractivity contribution is 7.15. The molecule has 6 heteroatoms. The van der Waals surface area contributed by atoms with Crippen LogP contribution in [0.1, 0.15) is 42.5 Å². The molecule has 0 unspecified atom stereocenters. The van der Waals surface area contributed by atoms with E-state index in [0.29, 0.717) is 17.9 Å². The molecule has 0 radical (unpaired) electrons. The zero-order chi connectivity index (χ0) is 21.9. The van der Waals surface area contributed by atoms with E-state index in [0.717, 1.165) is 27.8 Å². The lowest BCUT2D eigenvalue weighted by atomic mass is 9.90. The Labute approximate surface area is 183 Å². The van der Waals surface area contributed by atoms with Crippen LogP contribution in [0.4, 0.5) is 10.8 Å². The Bertz CT molecular complexity index is 1000. The van der Waals surface area contributed by atoms with Crippen molar-refractivity contribution >= 4 is 22.2 Å². The molecular weight excluding hydrogens is 396 g/mol. The molecular formula is C24H30N2O3S. The highest BCUT2D eigenvalue weighted by Gasteiger charge is 2.25. The third-order valence-electron chi connectivity index (χ3n) is 4.85. The Morgan fingerprint density at radius 1 is 0.900 bits per heavy atom. The number of hydrogen-bond donors (Lipinski definition) is 1. The number of ether oxygens (including phenoxy) is 3. The molecule has 0 fully saturated rings. The summed E-state index contributed by atoms with van der Waals surface area (Å²) in [5.74, 6) is 2.11. The highest BCUT2D eigenvalue weighted by atomic mass is 32.1. The van der Waals surface area contributed by atoms with Gasteiger partial charge in [0.25, 0.3) is 0 Å². The number of nitrogens with zero attached hydrogens (tertiary/aromatic N) is 1. The van der Waals surface area contributed by atoms with Gasteiger partial charge in [0.15, 0.2) is 16.6 Å². The normalized spacial score (nSPS) is 11.3. The summed E-state index contributed by atoms with van der Waals surface area (Å²) in [6.07, 6.45) is 0.698. The van der Waals surface area contributed by atoms with Gasteiger partial charge in [0.2, 0.25) is 0 Å². The standard InChI is InChI=1S/C24H30N2O3S/c1-15-8-10-17(11-9-15)25-23-26-22(24(2,3)4)21(30-23)13-16-12-19(28-6)20(29-7)14-18(16)27-5/h8-12,14H,13H2,1-7H3,(H,25,26). The van der Waals surface area contributed by atoms with Crippen molar-refractivity contribution in [2.45, 2.75) is 39.5 Å². The Morgan fingerprint density at radius 2 is 1.50 bits per heavy atom. The van der Waals surface area contributed by atoms with Crippen LogP contribution in [0.25, 0.3) is 0 Å². The molecule has 5 nitrogen and oxygen atoms in total. The summed E-state index contributed by atoms with van der Waals surface area (Å²) in [5, 5.41) is 4.34. The first-order valence-corrected chi connectivity index (χ1v) is 10.7. The number of thiazole rings is 1. The van der Waals surface area contributed by atoms with Crippen molar-refractivity contribution in [2.75, 3.05) is 26.6 Å². The fourth-order valence-electron chi connectivity index (χ4n) is 3.27. The quantitative estimate of drug-likeness (QED) is 0.494. The van der Waals surface area contributed by atoms with Gasteiger partial charge in [-0.15, -0.1) is 11.3 Å². The molecule has 2 aromatic carbocycles. The van der Waals surface area contributed by atoms with Crippen molar-refractivity contribution in [3.63, 3.8) is 0 Å². The number of benzene rings is 2. The van der Waals surface area contributed by atoms with Crippen molar-refractivity contribution in [1.82, 2.24) is 4.98 Å². The number of anilines is 2. The van der Waals surface area contributed by atoms with E-state index in [1.807, 2.05) is 12.1 Å². The smallest absolute Gasteiger partial charge is 0.187 e. The van der Waals surface area contributed by atoms with Gasteiger partial charge in [-0.25, -0.2) is 4.98 Å². The lowest BCUT2D eigenvalue weighted by Crippen LogP contribution is -2.14. The van der Waals surface area contributed by atoms with E-state index in [4.69, 9.17) is 19.2 Å². The monoisotopic (exact) mass is 426 g/mol. The third-order valence-corrected chi connectivity index (χ3v) is 5.82. The average Bonchev–Trinajstić information content (AvgIpc) is 3.12. The Hall–Kier alpha value is -2.73. The van der Waals surface area contributed by atoms with Crippen LogP contribution in [0, 0.1) is 6.92 Å². The van der Waals surface area contributed by atoms with Gasteiger partial charge >= 0.3 is 0 Å². The first kappa shape index (κ1) is 22.0. The van der Waals surface area contributed by atoms with E-state index in [2.05, 4.69) is 57.3 Å². The molecule has 3 aromatic rings. The minimum Gasteiger partial charge on any atom is -0.496 e. The maximum Gasteiger partial charge on any atom is 0.187 e. The summed E-state index contributed by atoms with van der Waals surface area (Å²) in [5.41, 5.74) is 4.30. The molecule has 0 spiro atoms. The van der Waals surface area contributed by atoms with Crippen LogP contribution in [0.2, 0.25) is 0 Å². The van der Waals surface area contributed by atoms with Crippen molar-refractivity contribution in [2.24, 2.45) is 0 Å². The summed E-state index contributed by atoms with van der Waals surface area (Å²) >= 11 is 1.67. The summed E-state index contributed by atoms with van der Waals surface area (Å²) in [6, 6.07) is 12.2. The highest BCUT2D eigenvalue weighted by Crippen LogP contribution is 2.39. The Morgan fingerprint density at radius 3 is 2.07 bits per heavy atom. The largest absolute Gasteiger partial charge is 0.496 e. The summed E-state index contributed by atoms with van der Waals surface area (Å²) in [6.45, 7) is 8.65. The lowest BCUT2D eigenvalue weighted by Gasteiger charge is -2.19. The summed E-state index contributed by atoms with van der Waals surface area (Å²) < 4.78 is 16.5. The summed E-state index contributed by atoms with van der Waals surface area (Å²) in [7, 11) is 4.94. The topological polar surface area (TPSA) is 52.6 Å². The van der Waals surface area contributed by atoms with Crippen LogP contribution < -0.4 is 19.5 Å². The van der Waals surface area contributed by atoms with Crippen LogP contribution in [0.5, 0.6) is 17.2 Å². The molecule has 1 heterocycles. The first-order valence-electron chi connectivity index (χ1n) is 9.88. The molecule has 3 rings (SSSR count).